The number of fused-ring (bicyclic) bond motifs is 3. The van der Waals surface area contributed by atoms with E-state index in [1.165, 1.54) is 25.0 Å². The van der Waals surface area contributed by atoms with Crippen LogP contribution < -0.4 is 9.47 Å². The number of rotatable bonds is 6. The third-order valence-corrected chi connectivity index (χ3v) is 6.60. The van der Waals surface area contributed by atoms with E-state index in [2.05, 4.69) is 23.0 Å². The minimum Gasteiger partial charge on any atom is -0.496 e. The number of piperidine rings is 1. The number of halogens is 1. The van der Waals surface area contributed by atoms with Gasteiger partial charge in [0.2, 0.25) is 0 Å². The molecule has 6 heteroatoms. The van der Waals surface area contributed by atoms with Crippen LogP contribution in [0.5, 0.6) is 11.5 Å². The minimum atomic E-state index is -0.289. The largest absolute Gasteiger partial charge is 0.496 e. The molecule has 0 amide bonds. The molecular formula is C24H26FN2O3. The van der Waals surface area contributed by atoms with Crippen molar-refractivity contribution in [2.75, 3.05) is 13.7 Å². The summed E-state index contributed by atoms with van der Waals surface area (Å²) in [5.41, 5.74) is 1.52. The fourth-order valence-electron chi connectivity index (χ4n) is 5.32. The van der Waals surface area contributed by atoms with Crippen molar-refractivity contribution < 1.29 is 18.4 Å². The van der Waals surface area contributed by atoms with E-state index in [-0.39, 0.29) is 5.82 Å². The normalized spacial score (nSPS) is 24.8. The van der Waals surface area contributed by atoms with Crippen molar-refractivity contribution in [3.63, 3.8) is 0 Å². The van der Waals surface area contributed by atoms with Crippen LogP contribution in [0, 0.1) is 11.9 Å². The quantitative estimate of drug-likeness (QED) is 0.576. The van der Waals surface area contributed by atoms with Crippen molar-refractivity contribution in [1.29, 1.82) is 0 Å². The zero-order chi connectivity index (χ0) is 20.7. The summed E-state index contributed by atoms with van der Waals surface area (Å²) in [6.45, 7) is 2.88. The Morgan fingerprint density at radius 1 is 1.23 bits per heavy atom. The summed E-state index contributed by atoms with van der Waals surface area (Å²) in [6, 6.07) is 14.7. The van der Waals surface area contributed by atoms with Crippen LogP contribution in [-0.2, 0) is 0 Å². The Morgan fingerprint density at radius 2 is 2.03 bits per heavy atom. The first-order valence-corrected chi connectivity index (χ1v) is 10.6. The first-order valence-electron chi connectivity index (χ1n) is 10.6. The second-order valence-corrected chi connectivity index (χ2v) is 8.46. The van der Waals surface area contributed by atoms with Gasteiger partial charge in [0.25, 0.3) is 0 Å². The molecule has 2 aromatic carbocycles. The topological polar surface area (TPSA) is 47.7 Å². The van der Waals surface area contributed by atoms with Crippen molar-refractivity contribution in [2.24, 2.45) is 0 Å². The number of aromatic nitrogens is 1. The summed E-state index contributed by atoms with van der Waals surface area (Å²) in [6.07, 6.45) is 4.50. The van der Waals surface area contributed by atoms with Gasteiger partial charge >= 0.3 is 0 Å². The van der Waals surface area contributed by atoms with Crippen LogP contribution in [0.15, 0.2) is 40.9 Å². The first kappa shape index (κ1) is 19.4. The molecule has 0 saturated carbocycles. The molecule has 2 saturated heterocycles. The summed E-state index contributed by atoms with van der Waals surface area (Å²) >= 11 is 0. The average Bonchev–Trinajstić information content (AvgIpc) is 3.29. The molecule has 1 radical (unpaired) electrons. The second kappa shape index (κ2) is 7.91. The van der Waals surface area contributed by atoms with Gasteiger partial charge in [-0.15, -0.1) is 0 Å². The highest BCUT2D eigenvalue weighted by Gasteiger charge is 2.44. The lowest BCUT2D eigenvalue weighted by Gasteiger charge is -2.42. The van der Waals surface area contributed by atoms with Crippen molar-refractivity contribution in [1.82, 2.24) is 10.1 Å². The number of hydrogen-bond acceptors (Lipinski definition) is 5. The Bertz CT molecular complexity index is 1020. The van der Waals surface area contributed by atoms with Crippen LogP contribution in [0.1, 0.15) is 44.2 Å². The lowest BCUT2D eigenvalue weighted by Crippen LogP contribution is -2.49. The van der Waals surface area contributed by atoms with Crippen LogP contribution in [0.2, 0.25) is 0 Å². The second-order valence-electron chi connectivity index (χ2n) is 8.46. The predicted molar refractivity (Wildman–Crippen MR) is 111 cm³/mol. The molecule has 5 nitrogen and oxygen atoms in total. The molecule has 0 aliphatic carbocycles. The predicted octanol–water partition coefficient (Wildman–Crippen LogP) is 4.95. The maximum atomic E-state index is 13.5. The zero-order valence-electron chi connectivity index (χ0n) is 17.3. The van der Waals surface area contributed by atoms with Crippen LogP contribution in [0.25, 0.3) is 11.0 Å². The van der Waals surface area contributed by atoms with Gasteiger partial charge in [0.05, 0.1) is 12.8 Å². The van der Waals surface area contributed by atoms with Gasteiger partial charge in [-0.1, -0.05) is 5.16 Å². The smallest absolute Gasteiger partial charge is 0.170 e. The molecule has 2 bridgehead atoms. The van der Waals surface area contributed by atoms with Gasteiger partial charge in [-0.25, -0.2) is 4.39 Å². The van der Waals surface area contributed by atoms with Gasteiger partial charge in [0.15, 0.2) is 5.58 Å². The summed E-state index contributed by atoms with van der Waals surface area (Å²) in [5, 5.41) is 5.26. The third-order valence-electron chi connectivity index (χ3n) is 6.60. The molecule has 157 valence electrons. The molecule has 0 N–H and O–H groups in total. The highest BCUT2D eigenvalue weighted by Crippen LogP contribution is 2.45. The summed E-state index contributed by atoms with van der Waals surface area (Å²) < 4.78 is 30.2. The van der Waals surface area contributed by atoms with E-state index in [1.807, 2.05) is 18.2 Å². The summed E-state index contributed by atoms with van der Waals surface area (Å²) in [4.78, 5) is 2.63. The molecule has 30 heavy (non-hydrogen) atoms. The highest BCUT2D eigenvalue weighted by atomic mass is 19.1. The summed E-state index contributed by atoms with van der Waals surface area (Å²) in [5.74, 6) is 1.55. The van der Waals surface area contributed by atoms with Crippen LogP contribution in [0.3, 0.4) is 0 Å². The van der Waals surface area contributed by atoms with Crippen molar-refractivity contribution in [2.45, 2.75) is 56.7 Å². The molecule has 2 aliphatic heterocycles. The number of hydrogen-bond donors (Lipinski definition) is 0. The zero-order valence-corrected chi connectivity index (χ0v) is 17.3. The molecule has 0 spiro atoms. The van der Waals surface area contributed by atoms with E-state index in [9.17, 15) is 4.39 Å². The Morgan fingerprint density at radius 3 is 2.80 bits per heavy atom. The molecule has 3 heterocycles. The number of ether oxygens (including phenoxy) is 2. The van der Waals surface area contributed by atoms with Crippen LogP contribution in [-0.4, -0.2) is 41.9 Å². The third kappa shape index (κ3) is 3.54. The Hall–Kier alpha value is -2.60. The standard InChI is InChI=1S/C24H26FN2O3/c1-15(14-29-21-5-3-4-20(13-21)28-2)27-18-7-8-19(27)11-16(10-18)24-22-9-6-17(25)12-23(22)30-26-24/h3,5-6,9,12-13,15-16,18-19H,7-8,10-11,14H2,1-2H3. The van der Waals surface area contributed by atoms with E-state index in [0.29, 0.717) is 42.0 Å². The van der Waals surface area contributed by atoms with Gasteiger partial charge in [-0.2, -0.15) is 0 Å². The van der Waals surface area contributed by atoms with Gasteiger partial charge in [-0.3, -0.25) is 4.90 Å². The Labute approximate surface area is 175 Å². The average molecular weight is 409 g/mol. The molecule has 1 aromatic heterocycles. The Kier molecular flexibility index (Phi) is 5.11. The van der Waals surface area contributed by atoms with Crippen molar-refractivity contribution in [3.05, 3.63) is 54.0 Å². The van der Waals surface area contributed by atoms with E-state index < -0.39 is 0 Å². The van der Waals surface area contributed by atoms with E-state index in [1.54, 1.807) is 13.2 Å². The monoisotopic (exact) mass is 409 g/mol. The van der Waals surface area contributed by atoms with Crippen molar-refractivity contribution >= 4 is 11.0 Å². The van der Waals surface area contributed by atoms with E-state index in [4.69, 9.17) is 14.0 Å². The maximum absolute atomic E-state index is 13.5. The molecule has 3 unspecified atom stereocenters. The number of benzene rings is 2. The molecule has 3 atom stereocenters. The Balaban J connectivity index is 1.27. The van der Waals surface area contributed by atoms with E-state index in [0.717, 1.165) is 29.7 Å². The highest BCUT2D eigenvalue weighted by molar-refractivity contribution is 5.80. The van der Waals surface area contributed by atoms with Crippen molar-refractivity contribution in [3.8, 4) is 11.5 Å². The van der Waals surface area contributed by atoms with Gasteiger partial charge in [-0.05, 0) is 56.9 Å². The lowest BCUT2D eigenvalue weighted by atomic mass is 9.86. The SMILES string of the molecule is COc1[c]ccc(OCC(C)N2C3CCC2CC(c2noc4cc(F)ccc24)C3)c1. The number of nitrogens with zero attached hydrogens (tertiary/aromatic N) is 2. The fourth-order valence-corrected chi connectivity index (χ4v) is 5.32. The lowest BCUT2D eigenvalue weighted by molar-refractivity contribution is 0.0572. The fraction of sp³-hybridized carbons (Fsp3) is 0.458. The first-order chi connectivity index (χ1) is 14.6. The van der Waals surface area contributed by atoms with Crippen LogP contribution >= 0.6 is 0 Å². The molecule has 3 aromatic rings. The maximum Gasteiger partial charge on any atom is 0.170 e. The number of methoxy groups -OCH3 is 1. The summed E-state index contributed by atoms with van der Waals surface area (Å²) in [7, 11) is 1.63. The molecule has 2 fully saturated rings. The minimum absolute atomic E-state index is 0.289. The van der Waals surface area contributed by atoms with Gasteiger partial charge in [0, 0.05) is 47.6 Å². The van der Waals surface area contributed by atoms with Gasteiger partial charge in [0.1, 0.15) is 23.9 Å². The van der Waals surface area contributed by atoms with Crippen LogP contribution in [0.4, 0.5) is 4.39 Å². The molecular weight excluding hydrogens is 383 g/mol. The molecule has 5 rings (SSSR count). The van der Waals surface area contributed by atoms with E-state index >= 15 is 0 Å². The van der Waals surface area contributed by atoms with Gasteiger partial charge < -0.3 is 14.0 Å². The molecule has 2 aliphatic rings.